The van der Waals surface area contributed by atoms with Crippen LogP contribution < -0.4 is 10.2 Å². The predicted molar refractivity (Wildman–Crippen MR) is 229 cm³/mol. The Morgan fingerprint density at radius 1 is 0.603 bits per heavy atom. The van der Waals surface area contributed by atoms with Crippen LogP contribution in [0.15, 0.2) is 84.9 Å². The molecule has 0 radical (unpaired) electrons. The topological polar surface area (TPSA) is 187 Å². The molecule has 0 aliphatic heterocycles. The molecule has 13 heteroatoms. The van der Waals surface area contributed by atoms with Gasteiger partial charge in [-0.15, -0.1) is 0 Å². The van der Waals surface area contributed by atoms with E-state index in [9.17, 15) is 49.0 Å². The summed E-state index contributed by atoms with van der Waals surface area (Å²) in [4.78, 5) is 31.5. The van der Waals surface area contributed by atoms with Crippen molar-refractivity contribution in [3.8, 4) is 22.3 Å². The maximum Gasteiger partial charge on any atom is 2.00 e. The first kappa shape index (κ1) is 45.2. The van der Waals surface area contributed by atoms with E-state index in [1.54, 1.807) is 12.1 Å². The van der Waals surface area contributed by atoms with Crippen LogP contribution in [0.1, 0.15) is 109 Å². The standard InChI is InChI=1S/2C25H24FNO4.Ca/c2*26-14-7-8-16-18(9-14)19(22(29)10-15(28)11-23(30)31)12-20-24(16)17-3-1-2-4-21(17)27-25(20)13-5-6-13;/h2*1-4,7-9,13,15,19,22,28-29H,5-6,10-12H2,(H,30,31);/q;;+2/p-2/t2*15-,19-,22+;/m11./s1. The molecule has 4 aliphatic rings. The summed E-state index contributed by atoms with van der Waals surface area (Å²) in [6.45, 7) is 0. The van der Waals surface area contributed by atoms with E-state index >= 15 is 0 Å². The van der Waals surface area contributed by atoms with Gasteiger partial charge in [-0.2, -0.15) is 0 Å². The van der Waals surface area contributed by atoms with Gasteiger partial charge in [0.1, 0.15) is 11.6 Å². The van der Waals surface area contributed by atoms with Crippen LogP contribution in [0.25, 0.3) is 44.1 Å². The molecule has 4 aliphatic carbocycles. The summed E-state index contributed by atoms with van der Waals surface area (Å²) in [5.74, 6) is -3.67. The molecule has 2 saturated carbocycles. The van der Waals surface area contributed by atoms with Crippen LogP contribution in [0.4, 0.5) is 8.78 Å². The fourth-order valence-corrected chi connectivity index (χ4v) is 9.88. The Labute approximate surface area is 392 Å². The number of aliphatic carboxylic acids is 2. The number of carbonyl (C=O) groups excluding carboxylic acids is 2. The largest absolute Gasteiger partial charge is 2.00 e. The minimum absolute atomic E-state index is 0. The van der Waals surface area contributed by atoms with E-state index < -0.39 is 72.7 Å². The van der Waals surface area contributed by atoms with Crippen molar-refractivity contribution < 1.29 is 49.0 Å². The molecule has 4 aromatic carbocycles. The monoisotopic (exact) mass is 880 g/mol. The number of hydrogen-bond donors (Lipinski definition) is 4. The fraction of sp³-hybridized carbons (Fsp3) is 0.360. The van der Waals surface area contributed by atoms with Gasteiger partial charge in [0.25, 0.3) is 0 Å². The summed E-state index contributed by atoms with van der Waals surface area (Å²) in [5, 5.41) is 65.6. The van der Waals surface area contributed by atoms with Gasteiger partial charge in [0, 0.05) is 83.5 Å². The zero-order chi connectivity index (χ0) is 43.4. The first-order chi connectivity index (χ1) is 29.8. The number of carboxylic acids is 2. The molecule has 2 heterocycles. The Bertz CT molecular complexity index is 2540. The van der Waals surface area contributed by atoms with Crippen molar-refractivity contribution in [3.63, 3.8) is 0 Å². The number of nitrogens with zero attached hydrogens (tertiary/aromatic N) is 2. The first-order valence-electron chi connectivity index (χ1n) is 21.4. The second kappa shape index (κ2) is 18.6. The maximum absolute atomic E-state index is 14.2. The normalized spacial score (nSPS) is 19.2. The molecule has 0 unspecified atom stereocenters. The SMILES string of the molecule is O=C([O-])C[C@H](O)C[C@H](O)[C@@H]1Cc2c(C3CC3)nc3ccccc3c2-c2ccc(F)cc21.O=C([O-])C[C@H](O)C[C@H](O)[C@@H]1Cc2c(C3CC3)nc3ccccc3c2-c2ccc(F)cc21.[Ca+2]. The molecule has 320 valence electrons. The van der Waals surface area contributed by atoms with E-state index in [2.05, 4.69) is 0 Å². The van der Waals surface area contributed by atoms with Crippen LogP contribution in [0.2, 0.25) is 0 Å². The molecule has 0 spiro atoms. The smallest absolute Gasteiger partial charge is 0.550 e. The van der Waals surface area contributed by atoms with Crippen molar-refractivity contribution in [2.45, 2.75) is 112 Å². The molecule has 0 bridgehead atoms. The van der Waals surface area contributed by atoms with Crippen molar-refractivity contribution in [2.75, 3.05) is 0 Å². The second-order valence-electron chi connectivity index (χ2n) is 17.4. The number of hydrogen-bond acceptors (Lipinski definition) is 10. The van der Waals surface area contributed by atoms with Gasteiger partial charge in [-0.25, -0.2) is 8.78 Å². The number of fused-ring (bicyclic) bond motifs is 10. The number of aliphatic hydroxyl groups excluding tert-OH is 4. The quantitative estimate of drug-likeness (QED) is 0.119. The molecular weight excluding hydrogens is 835 g/mol. The minimum Gasteiger partial charge on any atom is -0.550 e. The van der Waals surface area contributed by atoms with E-state index in [4.69, 9.17) is 9.97 Å². The Hall–Kier alpha value is -4.40. The molecule has 63 heavy (non-hydrogen) atoms. The number of aliphatic hydroxyl groups is 4. The van der Waals surface area contributed by atoms with Crippen LogP contribution in [0.5, 0.6) is 0 Å². The van der Waals surface area contributed by atoms with Gasteiger partial charge in [-0.1, -0.05) is 48.5 Å². The Balaban J connectivity index is 0.000000170. The Morgan fingerprint density at radius 2 is 0.984 bits per heavy atom. The van der Waals surface area contributed by atoms with Gasteiger partial charge in [0.2, 0.25) is 0 Å². The van der Waals surface area contributed by atoms with Crippen LogP contribution in [0.3, 0.4) is 0 Å². The maximum atomic E-state index is 14.2. The summed E-state index contributed by atoms with van der Waals surface area (Å²) in [6.07, 6.45) is -0.605. The summed E-state index contributed by atoms with van der Waals surface area (Å²) in [7, 11) is 0. The Kier molecular flexibility index (Phi) is 13.3. The average molecular weight is 881 g/mol. The second-order valence-corrected chi connectivity index (χ2v) is 17.4. The van der Waals surface area contributed by atoms with E-state index in [0.717, 1.165) is 92.3 Å². The third-order valence-electron chi connectivity index (χ3n) is 13.0. The molecule has 4 N–H and O–H groups in total. The molecule has 10 nitrogen and oxygen atoms in total. The number of carbonyl (C=O) groups is 2. The molecular formula is C50H46CaF2N2O8. The summed E-state index contributed by atoms with van der Waals surface area (Å²) in [5.41, 5.74) is 11.2. The van der Waals surface area contributed by atoms with Crippen molar-refractivity contribution in [3.05, 3.63) is 130 Å². The molecule has 6 atom stereocenters. The number of benzene rings is 4. The van der Waals surface area contributed by atoms with E-state index in [0.29, 0.717) is 35.8 Å². The molecule has 6 aromatic rings. The summed E-state index contributed by atoms with van der Waals surface area (Å²) >= 11 is 0. The Morgan fingerprint density at radius 3 is 1.35 bits per heavy atom. The van der Waals surface area contributed by atoms with Crippen molar-refractivity contribution >= 4 is 71.5 Å². The predicted octanol–water partition coefficient (Wildman–Crippen LogP) is 5.24. The average Bonchev–Trinajstić information content (AvgIpc) is 4.17. The third-order valence-corrected chi connectivity index (χ3v) is 13.0. The van der Waals surface area contributed by atoms with Crippen molar-refractivity contribution in [1.82, 2.24) is 9.97 Å². The first-order valence-corrected chi connectivity index (χ1v) is 21.4. The molecule has 0 amide bonds. The van der Waals surface area contributed by atoms with E-state index in [1.807, 2.05) is 48.5 Å². The third kappa shape index (κ3) is 9.40. The van der Waals surface area contributed by atoms with Gasteiger partial charge in [0.15, 0.2) is 0 Å². The minimum atomic E-state index is -1.37. The number of para-hydroxylation sites is 2. The van der Waals surface area contributed by atoms with Gasteiger partial charge in [-0.05, 0) is 119 Å². The van der Waals surface area contributed by atoms with Gasteiger partial charge in [0.05, 0.1) is 35.4 Å². The number of rotatable bonds is 12. The van der Waals surface area contributed by atoms with Crippen LogP contribution in [-0.4, -0.2) is 104 Å². The molecule has 2 aromatic heterocycles. The van der Waals surface area contributed by atoms with Crippen LogP contribution >= 0.6 is 0 Å². The van der Waals surface area contributed by atoms with Gasteiger partial charge >= 0.3 is 37.7 Å². The van der Waals surface area contributed by atoms with E-state index in [1.165, 1.54) is 24.3 Å². The number of pyridine rings is 2. The molecule has 10 rings (SSSR count). The number of carboxylic acid groups (broad SMARTS) is 2. The number of aromatic nitrogens is 2. The van der Waals surface area contributed by atoms with Gasteiger partial charge < -0.3 is 40.2 Å². The summed E-state index contributed by atoms with van der Waals surface area (Å²) < 4.78 is 28.5. The zero-order valence-electron chi connectivity index (χ0n) is 34.6. The van der Waals surface area contributed by atoms with Gasteiger partial charge in [-0.3, -0.25) is 9.97 Å². The van der Waals surface area contributed by atoms with E-state index in [-0.39, 0.29) is 50.6 Å². The zero-order valence-corrected chi connectivity index (χ0v) is 36.8. The molecule has 0 saturated heterocycles. The van der Waals surface area contributed by atoms with Crippen LogP contribution in [-0.2, 0) is 22.4 Å². The fourth-order valence-electron chi connectivity index (χ4n) is 9.88. The van der Waals surface area contributed by atoms with Crippen molar-refractivity contribution in [2.24, 2.45) is 0 Å². The van der Waals surface area contributed by atoms with Crippen molar-refractivity contribution in [1.29, 1.82) is 0 Å². The van der Waals surface area contributed by atoms with Crippen LogP contribution in [0, 0.1) is 11.6 Å². The summed E-state index contributed by atoms with van der Waals surface area (Å²) in [6, 6.07) is 25.1. The number of halogens is 2. The molecule has 2 fully saturated rings.